The summed E-state index contributed by atoms with van der Waals surface area (Å²) in [5, 5.41) is 0. The number of alkyl halides is 3. The molecule has 1 unspecified atom stereocenters. The number of carbonyl (C=O) groups excluding carboxylic acids is 1. The molecule has 22 heavy (non-hydrogen) atoms. The summed E-state index contributed by atoms with van der Waals surface area (Å²) in [5.74, 6) is -0.969. The normalized spacial score (nSPS) is 14.6. The second-order valence-corrected chi connectivity index (χ2v) is 6.62. The second-order valence-electron chi connectivity index (χ2n) is 4.31. The molecule has 0 aliphatic heterocycles. The highest BCUT2D eigenvalue weighted by atomic mass is 79.9. The Balaban J connectivity index is 3.19. The van der Waals surface area contributed by atoms with Crippen molar-refractivity contribution in [2.24, 2.45) is 0 Å². The van der Waals surface area contributed by atoms with E-state index in [1.807, 2.05) is 0 Å². The van der Waals surface area contributed by atoms with Crippen LogP contribution in [0.2, 0.25) is 0 Å². The Morgan fingerprint density at radius 2 is 1.95 bits per heavy atom. The van der Waals surface area contributed by atoms with Gasteiger partial charge in [0.05, 0.1) is 7.11 Å². The summed E-state index contributed by atoms with van der Waals surface area (Å²) < 4.78 is 42.0. The molecule has 0 amide bonds. The molecule has 0 N–H and O–H groups in total. The van der Waals surface area contributed by atoms with Gasteiger partial charge in [-0.1, -0.05) is 46.3 Å². The van der Waals surface area contributed by atoms with Crippen LogP contribution < -0.4 is 0 Å². The molecule has 2 nitrogen and oxygen atoms in total. The number of carbonyl (C=O) groups is 1. The molecule has 0 heterocycles. The van der Waals surface area contributed by atoms with Crippen molar-refractivity contribution in [2.75, 3.05) is 7.11 Å². The fourth-order valence-electron chi connectivity index (χ4n) is 1.74. The van der Waals surface area contributed by atoms with Crippen LogP contribution in [0.4, 0.5) is 13.2 Å². The lowest BCUT2D eigenvalue weighted by Crippen LogP contribution is -2.36. The molecule has 0 saturated carbocycles. The van der Waals surface area contributed by atoms with Crippen LogP contribution in [0, 0.1) is 0 Å². The molecule has 1 aromatic carbocycles. The third-order valence-corrected chi connectivity index (χ3v) is 4.29. The van der Waals surface area contributed by atoms with Crippen molar-refractivity contribution in [2.45, 2.75) is 16.7 Å². The fraction of sp³-hybridized carbons (Fsp3) is 0.267. The van der Waals surface area contributed by atoms with E-state index in [9.17, 15) is 18.0 Å². The van der Waals surface area contributed by atoms with E-state index in [2.05, 4.69) is 27.2 Å². The number of hydrogen-bond donors (Lipinski definition) is 0. The first-order valence-electron chi connectivity index (χ1n) is 6.13. The largest absolute Gasteiger partial charge is 0.468 e. The zero-order chi connectivity index (χ0) is 16.8. The van der Waals surface area contributed by atoms with Crippen molar-refractivity contribution in [3.8, 4) is 0 Å². The van der Waals surface area contributed by atoms with Gasteiger partial charge in [-0.3, -0.25) is 4.79 Å². The number of rotatable bonds is 6. The van der Waals surface area contributed by atoms with Gasteiger partial charge in [0.1, 0.15) is 4.75 Å². The molecule has 1 atom stereocenters. The number of thioether (sulfide) groups is 1. The van der Waals surface area contributed by atoms with E-state index in [0.717, 1.165) is 11.6 Å². The standard InChI is InChI=1S/C15H14BrF3O2S/c1-3-9-14(13(20)21-2,22-15(17,18)19)10-8-11-4-6-12(16)7-5-11/h3-8,10H,1,9H2,2H3/b10-8+. The summed E-state index contributed by atoms with van der Waals surface area (Å²) in [6, 6.07) is 6.94. The number of allylic oxidation sites excluding steroid dienone is 1. The van der Waals surface area contributed by atoms with E-state index in [-0.39, 0.29) is 6.42 Å². The monoisotopic (exact) mass is 394 g/mol. The summed E-state index contributed by atoms with van der Waals surface area (Å²) in [6.45, 7) is 3.43. The average Bonchev–Trinajstić information content (AvgIpc) is 2.44. The summed E-state index contributed by atoms with van der Waals surface area (Å²) in [6.07, 6.45) is 3.74. The first kappa shape index (κ1) is 18.8. The SMILES string of the molecule is C=CCC(/C=C/c1ccc(Br)cc1)(SC(F)(F)F)C(=O)OC. The molecule has 0 aliphatic carbocycles. The number of esters is 1. The Morgan fingerprint density at radius 3 is 2.41 bits per heavy atom. The lowest BCUT2D eigenvalue weighted by atomic mass is 10.0. The Labute approximate surface area is 139 Å². The molecule has 0 saturated heterocycles. The smallest absolute Gasteiger partial charge is 0.443 e. The predicted octanol–water partition coefficient (Wildman–Crippen LogP) is 5.20. The predicted molar refractivity (Wildman–Crippen MR) is 86.4 cm³/mol. The van der Waals surface area contributed by atoms with Gasteiger partial charge >= 0.3 is 11.5 Å². The maximum absolute atomic E-state index is 12.8. The van der Waals surface area contributed by atoms with Gasteiger partial charge in [-0.25, -0.2) is 0 Å². The van der Waals surface area contributed by atoms with Crippen LogP contribution in [-0.4, -0.2) is 23.3 Å². The zero-order valence-corrected chi connectivity index (χ0v) is 14.1. The van der Waals surface area contributed by atoms with Crippen molar-refractivity contribution in [1.29, 1.82) is 0 Å². The molecule has 1 rings (SSSR count). The van der Waals surface area contributed by atoms with Gasteiger partial charge in [0.15, 0.2) is 0 Å². The van der Waals surface area contributed by atoms with Crippen LogP contribution in [0.15, 0.2) is 47.5 Å². The molecule has 0 bridgehead atoms. The third kappa shape index (κ3) is 5.53. The van der Waals surface area contributed by atoms with Gasteiger partial charge in [-0.05, 0) is 35.9 Å². The molecule has 1 aromatic rings. The van der Waals surface area contributed by atoms with Crippen molar-refractivity contribution in [3.63, 3.8) is 0 Å². The van der Waals surface area contributed by atoms with E-state index < -0.39 is 28.0 Å². The number of hydrogen-bond acceptors (Lipinski definition) is 3. The average molecular weight is 395 g/mol. The van der Waals surface area contributed by atoms with E-state index >= 15 is 0 Å². The van der Waals surface area contributed by atoms with E-state index in [0.29, 0.717) is 5.56 Å². The highest BCUT2D eigenvalue weighted by Crippen LogP contribution is 2.44. The Bertz CT molecular complexity index is 555. The van der Waals surface area contributed by atoms with Crippen LogP contribution in [0.3, 0.4) is 0 Å². The molecule has 0 spiro atoms. The minimum Gasteiger partial charge on any atom is -0.468 e. The lowest BCUT2D eigenvalue weighted by molar-refractivity contribution is -0.142. The van der Waals surface area contributed by atoms with Crippen molar-refractivity contribution in [3.05, 3.63) is 53.0 Å². The number of halogens is 4. The highest BCUT2D eigenvalue weighted by Gasteiger charge is 2.47. The summed E-state index contributed by atoms with van der Waals surface area (Å²) in [4.78, 5) is 11.9. The minimum atomic E-state index is -4.58. The fourth-order valence-corrected chi connectivity index (χ4v) is 2.92. The van der Waals surface area contributed by atoms with Crippen LogP contribution in [0.1, 0.15) is 12.0 Å². The molecule has 0 aromatic heterocycles. The quantitative estimate of drug-likeness (QED) is 0.489. The second kappa shape index (κ2) is 7.87. The summed E-state index contributed by atoms with van der Waals surface area (Å²) in [7, 11) is 1.06. The van der Waals surface area contributed by atoms with Crippen molar-refractivity contribution < 1.29 is 22.7 Å². The van der Waals surface area contributed by atoms with Crippen LogP contribution in [0.5, 0.6) is 0 Å². The minimum absolute atomic E-state index is 0.198. The van der Waals surface area contributed by atoms with Gasteiger partial charge in [-0.15, -0.1) is 6.58 Å². The van der Waals surface area contributed by atoms with Gasteiger partial charge in [-0.2, -0.15) is 13.2 Å². The molecular weight excluding hydrogens is 381 g/mol. The number of benzene rings is 1. The van der Waals surface area contributed by atoms with Gasteiger partial charge in [0.2, 0.25) is 0 Å². The third-order valence-electron chi connectivity index (χ3n) is 2.69. The van der Waals surface area contributed by atoms with E-state index in [4.69, 9.17) is 0 Å². The molecular formula is C15H14BrF3O2S. The van der Waals surface area contributed by atoms with Gasteiger partial charge in [0.25, 0.3) is 0 Å². The van der Waals surface area contributed by atoms with Crippen LogP contribution in [-0.2, 0) is 9.53 Å². The molecule has 0 aliphatic rings. The van der Waals surface area contributed by atoms with Crippen molar-refractivity contribution >= 4 is 39.7 Å². The molecule has 120 valence electrons. The highest BCUT2D eigenvalue weighted by molar-refractivity contribution is 9.10. The molecule has 7 heteroatoms. The van der Waals surface area contributed by atoms with Crippen LogP contribution >= 0.6 is 27.7 Å². The Morgan fingerprint density at radius 1 is 1.36 bits per heavy atom. The zero-order valence-electron chi connectivity index (χ0n) is 11.7. The van der Waals surface area contributed by atoms with Crippen molar-refractivity contribution in [1.82, 2.24) is 0 Å². The Hall–Kier alpha value is -1.21. The molecule has 0 fully saturated rings. The first-order valence-corrected chi connectivity index (χ1v) is 7.74. The van der Waals surface area contributed by atoms with E-state index in [1.54, 1.807) is 24.3 Å². The number of methoxy groups -OCH3 is 1. The maximum Gasteiger partial charge on any atom is 0.443 e. The van der Waals surface area contributed by atoms with Gasteiger partial charge in [0, 0.05) is 4.47 Å². The van der Waals surface area contributed by atoms with E-state index in [1.165, 1.54) is 18.2 Å². The maximum atomic E-state index is 12.8. The van der Waals surface area contributed by atoms with Gasteiger partial charge < -0.3 is 4.74 Å². The van der Waals surface area contributed by atoms with Crippen LogP contribution in [0.25, 0.3) is 6.08 Å². The topological polar surface area (TPSA) is 26.3 Å². The molecule has 0 radical (unpaired) electrons. The first-order chi connectivity index (χ1) is 10.2. The lowest BCUT2D eigenvalue weighted by Gasteiger charge is -2.26. The summed E-state index contributed by atoms with van der Waals surface area (Å²) in [5.41, 5.74) is -3.91. The number of ether oxygens (including phenoxy) is 1. The Kier molecular flexibility index (Phi) is 6.74. The summed E-state index contributed by atoms with van der Waals surface area (Å²) >= 11 is 2.86.